The number of carbonyl (C=O) groups excluding carboxylic acids is 3. The monoisotopic (exact) mass is 359 g/mol. The Morgan fingerprint density at radius 3 is 2.27 bits per heavy atom. The molecule has 8 heteroatoms. The number of rotatable bonds is 7. The van der Waals surface area contributed by atoms with E-state index in [2.05, 4.69) is 5.32 Å². The molecule has 1 aromatic carbocycles. The van der Waals surface area contributed by atoms with Crippen LogP contribution < -0.4 is 5.32 Å². The van der Waals surface area contributed by atoms with Gasteiger partial charge in [-0.25, -0.2) is 0 Å². The number of benzene rings is 1. The van der Waals surface area contributed by atoms with Gasteiger partial charge in [0.15, 0.2) is 0 Å². The number of nitrogens with one attached hydrogen (secondary N) is 1. The van der Waals surface area contributed by atoms with Crippen molar-refractivity contribution in [2.45, 2.75) is 31.8 Å². The summed E-state index contributed by atoms with van der Waals surface area (Å²) >= 11 is 0. The number of amides is 3. The molecule has 0 atom stereocenters. The Morgan fingerprint density at radius 2 is 1.77 bits per heavy atom. The van der Waals surface area contributed by atoms with Gasteiger partial charge in [-0.05, 0) is 31.5 Å². The predicted octanol–water partition coefficient (Wildman–Crippen LogP) is 0.336. The fourth-order valence-corrected chi connectivity index (χ4v) is 3.48. The molecule has 1 aromatic rings. The summed E-state index contributed by atoms with van der Waals surface area (Å²) in [5, 5.41) is 11.7. The smallest absolute Gasteiger partial charge is 0.317 e. The van der Waals surface area contributed by atoms with E-state index in [1.54, 1.807) is 24.3 Å². The maximum absolute atomic E-state index is 12.3. The Labute approximate surface area is 150 Å². The summed E-state index contributed by atoms with van der Waals surface area (Å²) < 4.78 is 0. The van der Waals surface area contributed by atoms with E-state index in [-0.39, 0.29) is 31.1 Å². The van der Waals surface area contributed by atoms with Crippen molar-refractivity contribution < 1.29 is 24.3 Å². The van der Waals surface area contributed by atoms with Crippen LogP contribution in [0.15, 0.2) is 24.3 Å². The van der Waals surface area contributed by atoms with Crippen molar-refractivity contribution in [2.24, 2.45) is 0 Å². The van der Waals surface area contributed by atoms with E-state index in [0.717, 1.165) is 4.90 Å². The van der Waals surface area contributed by atoms with Gasteiger partial charge < -0.3 is 10.4 Å². The number of nitrogens with zero attached hydrogens (tertiary/aromatic N) is 2. The molecule has 1 aliphatic heterocycles. The molecule has 3 amide bonds. The number of hydrogen-bond donors (Lipinski definition) is 2. The first-order chi connectivity index (χ1) is 12.4. The van der Waals surface area contributed by atoms with Crippen molar-refractivity contribution >= 4 is 23.7 Å². The molecular weight excluding hydrogens is 338 g/mol. The summed E-state index contributed by atoms with van der Waals surface area (Å²) in [6.45, 7) is 2.21. The van der Waals surface area contributed by atoms with E-state index < -0.39 is 17.8 Å². The van der Waals surface area contributed by atoms with Crippen LogP contribution in [0.4, 0.5) is 0 Å². The molecule has 0 saturated heterocycles. The highest BCUT2D eigenvalue weighted by Crippen LogP contribution is 2.26. The SMILES string of the molecule is CCN(CC(=O)O)C1CC(NC(=O)CN2C(=O)c3ccccc3C2=O)C1. The largest absolute Gasteiger partial charge is 0.480 e. The van der Waals surface area contributed by atoms with Gasteiger partial charge in [0.05, 0.1) is 17.7 Å². The van der Waals surface area contributed by atoms with Crippen LogP contribution in [0.1, 0.15) is 40.5 Å². The Balaban J connectivity index is 1.50. The van der Waals surface area contributed by atoms with Gasteiger partial charge in [0, 0.05) is 12.1 Å². The van der Waals surface area contributed by atoms with Gasteiger partial charge in [-0.1, -0.05) is 19.1 Å². The molecule has 1 saturated carbocycles. The lowest BCUT2D eigenvalue weighted by molar-refractivity contribution is -0.139. The third kappa shape index (κ3) is 3.45. The van der Waals surface area contributed by atoms with Crippen LogP contribution in [0.3, 0.4) is 0 Å². The van der Waals surface area contributed by atoms with Crippen LogP contribution in [-0.2, 0) is 9.59 Å². The fraction of sp³-hybridized carbons (Fsp3) is 0.444. The van der Waals surface area contributed by atoms with Crippen LogP contribution in [-0.4, -0.2) is 70.3 Å². The molecule has 26 heavy (non-hydrogen) atoms. The summed E-state index contributed by atoms with van der Waals surface area (Å²) in [7, 11) is 0. The minimum Gasteiger partial charge on any atom is -0.480 e. The predicted molar refractivity (Wildman–Crippen MR) is 91.6 cm³/mol. The first-order valence-corrected chi connectivity index (χ1v) is 8.61. The molecule has 1 aliphatic carbocycles. The van der Waals surface area contributed by atoms with Crippen molar-refractivity contribution in [1.82, 2.24) is 15.1 Å². The zero-order valence-electron chi connectivity index (χ0n) is 14.5. The van der Waals surface area contributed by atoms with Gasteiger partial charge in [0.25, 0.3) is 11.8 Å². The van der Waals surface area contributed by atoms with E-state index in [4.69, 9.17) is 5.11 Å². The fourth-order valence-electron chi connectivity index (χ4n) is 3.48. The van der Waals surface area contributed by atoms with E-state index in [1.165, 1.54) is 0 Å². The van der Waals surface area contributed by atoms with Crippen molar-refractivity contribution in [3.05, 3.63) is 35.4 Å². The number of carbonyl (C=O) groups is 4. The molecule has 0 aromatic heterocycles. The topological polar surface area (TPSA) is 107 Å². The summed E-state index contributed by atoms with van der Waals surface area (Å²) in [6.07, 6.45) is 1.32. The number of carboxylic acids is 1. The molecule has 3 rings (SSSR count). The zero-order chi connectivity index (χ0) is 18.8. The zero-order valence-corrected chi connectivity index (χ0v) is 14.5. The molecular formula is C18H21N3O5. The number of hydrogen-bond acceptors (Lipinski definition) is 5. The van der Waals surface area contributed by atoms with Gasteiger partial charge in [-0.3, -0.25) is 29.0 Å². The van der Waals surface area contributed by atoms with Crippen molar-refractivity contribution in [2.75, 3.05) is 19.6 Å². The molecule has 0 bridgehead atoms. The maximum atomic E-state index is 12.3. The standard InChI is InChI=1S/C18H21N3O5/c1-2-20(10-16(23)24)12-7-11(8-12)19-15(22)9-21-17(25)13-5-3-4-6-14(13)18(21)26/h3-6,11-12H,2,7-10H2,1H3,(H,19,22)(H,23,24). The number of fused-ring (bicyclic) bond motifs is 1. The van der Waals surface area contributed by atoms with E-state index in [1.807, 2.05) is 11.8 Å². The quantitative estimate of drug-likeness (QED) is 0.680. The van der Waals surface area contributed by atoms with Gasteiger partial charge >= 0.3 is 5.97 Å². The normalized spacial score (nSPS) is 21.5. The average Bonchev–Trinajstić information content (AvgIpc) is 2.81. The second-order valence-corrected chi connectivity index (χ2v) is 6.59. The van der Waals surface area contributed by atoms with Crippen LogP contribution in [0.25, 0.3) is 0 Å². The summed E-state index contributed by atoms with van der Waals surface area (Å²) in [6, 6.07) is 6.57. The molecule has 2 aliphatic rings. The molecule has 1 heterocycles. The summed E-state index contributed by atoms with van der Waals surface area (Å²) in [4.78, 5) is 50.4. The minimum atomic E-state index is -0.870. The van der Waals surface area contributed by atoms with Gasteiger partial charge in [-0.2, -0.15) is 0 Å². The summed E-state index contributed by atoms with van der Waals surface area (Å²) in [5.74, 6) is -2.16. The second kappa shape index (κ2) is 7.25. The van der Waals surface area contributed by atoms with E-state index in [0.29, 0.717) is 30.5 Å². The molecule has 0 unspecified atom stereocenters. The Hall–Kier alpha value is -2.74. The van der Waals surface area contributed by atoms with Gasteiger partial charge in [0.1, 0.15) is 6.54 Å². The van der Waals surface area contributed by atoms with Crippen LogP contribution in [0.2, 0.25) is 0 Å². The highest BCUT2D eigenvalue weighted by molar-refractivity contribution is 6.22. The Bertz CT molecular complexity index is 722. The van der Waals surface area contributed by atoms with Gasteiger partial charge in [-0.15, -0.1) is 0 Å². The third-order valence-corrected chi connectivity index (χ3v) is 4.92. The lowest BCUT2D eigenvalue weighted by Crippen LogP contribution is -2.56. The van der Waals surface area contributed by atoms with E-state index >= 15 is 0 Å². The highest BCUT2D eigenvalue weighted by Gasteiger charge is 2.38. The summed E-state index contributed by atoms with van der Waals surface area (Å²) in [5.41, 5.74) is 0.641. The number of carboxylic acid groups (broad SMARTS) is 1. The third-order valence-electron chi connectivity index (χ3n) is 4.92. The number of aliphatic carboxylic acids is 1. The van der Waals surface area contributed by atoms with Crippen LogP contribution in [0.5, 0.6) is 0 Å². The molecule has 1 fully saturated rings. The maximum Gasteiger partial charge on any atom is 0.317 e. The Morgan fingerprint density at radius 1 is 1.19 bits per heavy atom. The first kappa shape index (κ1) is 18.1. The van der Waals surface area contributed by atoms with Crippen molar-refractivity contribution in [1.29, 1.82) is 0 Å². The van der Waals surface area contributed by atoms with Crippen molar-refractivity contribution in [3.63, 3.8) is 0 Å². The van der Waals surface area contributed by atoms with Gasteiger partial charge in [0.2, 0.25) is 5.91 Å². The van der Waals surface area contributed by atoms with E-state index in [9.17, 15) is 19.2 Å². The lowest BCUT2D eigenvalue weighted by atomic mass is 9.85. The highest BCUT2D eigenvalue weighted by atomic mass is 16.4. The molecule has 0 radical (unpaired) electrons. The molecule has 138 valence electrons. The number of imide groups is 1. The molecule has 8 nitrogen and oxygen atoms in total. The first-order valence-electron chi connectivity index (χ1n) is 8.61. The van der Waals surface area contributed by atoms with Crippen LogP contribution >= 0.6 is 0 Å². The Kier molecular flexibility index (Phi) is 5.03. The van der Waals surface area contributed by atoms with Crippen LogP contribution in [0, 0.1) is 0 Å². The lowest BCUT2D eigenvalue weighted by Gasteiger charge is -2.42. The molecule has 0 spiro atoms. The van der Waals surface area contributed by atoms with Crippen molar-refractivity contribution in [3.8, 4) is 0 Å². The second-order valence-electron chi connectivity index (χ2n) is 6.59. The minimum absolute atomic E-state index is 0.0170. The number of likely N-dealkylation sites (N-methyl/N-ethyl adjacent to an activating group) is 1. The molecule has 2 N–H and O–H groups in total. The average molecular weight is 359 g/mol.